The lowest BCUT2D eigenvalue weighted by molar-refractivity contribution is -0.123. The van der Waals surface area contributed by atoms with Gasteiger partial charge in [0.25, 0.3) is 5.91 Å². The molecule has 1 amide bonds. The Morgan fingerprint density at radius 2 is 2.14 bits per heavy atom. The van der Waals surface area contributed by atoms with E-state index in [2.05, 4.69) is 24.4 Å². The molecule has 5 heteroatoms. The van der Waals surface area contributed by atoms with E-state index in [9.17, 15) is 4.79 Å². The quantitative estimate of drug-likeness (QED) is 0.624. The summed E-state index contributed by atoms with van der Waals surface area (Å²) in [4.78, 5) is 11.6. The number of rotatable bonds is 7. The van der Waals surface area contributed by atoms with E-state index >= 15 is 0 Å². The van der Waals surface area contributed by atoms with Crippen LogP contribution in [-0.4, -0.2) is 18.7 Å². The highest BCUT2D eigenvalue weighted by molar-refractivity contribution is 7.08. The zero-order valence-electron chi connectivity index (χ0n) is 12.8. The number of ether oxygens (including phenoxy) is 1. The lowest BCUT2D eigenvalue weighted by atomic mass is 9.99. The highest BCUT2D eigenvalue weighted by atomic mass is 32.1. The van der Waals surface area contributed by atoms with Crippen molar-refractivity contribution in [1.29, 1.82) is 0 Å². The molecule has 0 saturated carbocycles. The molecule has 0 fully saturated rings. The number of benzene rings is 1. The Kier molecular flexibility index (Phi) is 6.15. The van der Waals surface area contributed by atoms with Crippen LogP contribution in [0.15, 0.2) is 46.2 Å². The van der Waals surface area contributed by atoms with Crippen molar-refractivity contribution in [3.05, 3.63) is 52.2 Å². The molecule has 1 aromatic carbocycles. The number of hydrogen-bond donors (Lipinski definition) is 1. The van der Waals surface area contributed by atoms with Gasteiger partial charge in [-0.2, -0.15) is 16.4 Å². The molecule has 2 rings (SSSR count). The second-order valence-electron chi connectivity index (χ2n) is 5.02. The Balaban J connectivity index is 1.76. The van der Waals surface area contributed by atoms with Gasteiger partial charge in [-0.1, -0.05) is 26.0 Å². The summed E-state index contributed by atoms with van der Waals surface area (Å²) in [5.41, 5.74) is 4.68. The van der Waals surface area contributed by atoms with Crippen molar-refractivity contribution >= 4 is 23.5 Å². The average Bonchev–Trinajstić information content (AvgIpc) is 3.06. The van der Waals surface area contributed by atoms with Crippen LogP contribution in [0.2, 0.25) is 0 Å². The summed E-state index contributed by atoms with van der Waals surface area (Å²) in [7, 11) is 0. The minimum Gasteiger partial charge on any atom is -0.484 e. The van der Waals surface area contributed by atoms with Gasteiger partial charge in [-0.3, -0.25) is 4.79 Å². The predicted molar refractivity (Wildman–Crippen MR) is 90.7 cm³/mol. The van der Waals surface area contributed by atoms with Crippen molar-refractivity contribution in [3.63, 3.8) is 0 Å². The Morgan fingerprint density at radius 3 is 2.77 bits per heavy atom. The lowest BCUT2D eigenvalue weighted by Gasteiger charge is -2.10. The largest absolute Gasteiger partial charge is 0.484 e. The lowest BCUT2D eigenvalue weighted by Crippen LogP contribution is -2.24. The van der Waals surface area contributed by atoms with Crippen LogP contribution in [0.1, 0.15) is 37.3 Å². The number of nitrogens with one attached hydrogen (secondary N) is 1. The van der Waals surface area contributed by atoms with Crippen LogP contribution >= 0.6 is 11.3 Å². The third-order valence-electron chi connectivity index (χ3n) is 3.38. The number of amides is 1. The van der Waals surface area contributed by atoms with E-state index in [0.29, 0.717) is 11.7 Å². The molecule has 1 N–H and O–H groups in total. The first-order valence-corrected chi connectivity index (χ1v) is 8.20. The standard InChI is InChI=1S/C17H20N2O2S/c1-3-13(2)15-4-6-16(7-5-15)21-11-17(20)19-18-10-14-8-9-22-12-14/h4-10,12-13H,3,11H2,1-2H3,(H,19,20). The SMILES string of the molecule is CCC(C)c1ccc(OCC(=O)NN=Cc2ccsc2)cc1. The van der Waals surface area contributed by atoms with Crippen LogP contribution in [0.5, 0.6) is 5.75 Å². The second-order valence-corrected chi connectivity index (χ2v) is 5.80. The van der Waals surface area contributed by atoms with Gasteiger partial charge >= 0.3 is 0 Å². The molecule has 0 spiro atoms. The molecule has 0 saturated heterocycles. The third-order valence-corrected chi connectivity index (χ3v) is 4.08. The molecule has 0 radical (unpaired) electrons. The van der Waals surface area contributed by atoms with Crippen LogP contribution in [0.4, 0.5) is 0 Å². The fourth-order valence-electron chi connectivity index (χ4n) is 1.84. The summed E-state index contributed by atoms with van der Waals surface area (Å²) < 4.78 is 5.44. The molecule has 2 aromatic rings. The molecular formula is C17H20N2O2S. The van der Waals surface area contributed by atoms with E-state index in [4.69, 9.17) is 4.74 Å². The van der Waals surface area contributed by atoms with Crippen LogP contribution in [-0.2, 0) is 4.79 Å². The number of hydrazone groups is 1. The van der Waals surface area contributed by atoms with Crippen molar-refractivity contribution in [3.8, 4) is 5.75 Å². The molecule has 1 unspecified atom stereocenters. The summed E-state index contributed by atoms with van der Waals surface area (Å²) in [5.74, 6) is 0.935. The van der Waals surface area contributed by atoms with Gasteiger partial charge in [-0.05, 0) is 46.9 Å². The summed E-state index contributed by atoms with van der Waals surface area (Å²) in [6, 6.07) is 9.79. The van der Waals surface area contributed by atoms with Gasteiger partial charge in [-0.25, -0.2) is 5.43 Å². The molecule has 0 bridgehead atoms. The topological polar surface area (TPSA) is 50.7 Å². The molecule has 0 aliphatic carbocycles. The van der Waals surface area contributed by atoms with Gasteiger partial charge in [0.15, 0.2) is 6.61 Å². The maximum absolute atomic E-state index is 11.6. The minimum atomic E-state index is -0.280. The smallest absolute Gasteiger partial charge is 0.277 e. The van der Waals surface area contributed by atoms with E-state index < -0.39 is 0 Å². The van der Waals surface area contributed by atoms with Crippen molar-refractivity contribution in [2.24, 2.45) is 5.10 Å². The Morgan fingerprint density at radius 1 is 1.36 bits per heavy atom. The van der Waals surface area contributed by atoms with Gasteiger partial charge < -0.3 is 4.74 Å². The van der Waals surface area contributed by atoms with Crippen LogP contribution in [0.25, 0.3) is 0 Å². The minimum absolute atomic E-state index is 0.0519. The van der Waals surface area contributed by atoms with Crippen molar-refractivity contribution < 1.29 is 9.53 Å². The first-order valence-electron chi connectivity index (χ1n) is 7.26. The van der Waals surface area contributed by atoms with Gasteiger partial charge in [0.2, 0.25) is 0 Å². The fraction of sp³-hybridized carbons (Fsp3) is 0.294. The predicted octanol–water partition coefficient (Wildman–Crippen LogP) is 3.79. The molecule has 1 atom stereocenters. The van der Waals surface area contributed by atoms with E-state index in [0.717, 1.165) is 12.0 Å². The van der Waals surface area contributed by atoms with Crippen LogP contribution in [0.3, 0.4) is 0 Å². The molecule has 116 valence electrons. The molecule has 22 heavy (non-hydrogen) atoms. The summed E-state index contributed by atoms with van der Waals surface area (Å²) in [6.45, 7) is 4.30. The van der Waals surface area contributed by atoms with Crippen molar-refractivity contribution in [1.82, 2.24) is 5.43 Å². The first-order chi connectivity index (χ1) is 10.7. The number of nitrogens with zero attached hydrogens (tertiary/aromatic N) is 1. The van der Waals surface area contributed by atoms with Crippen LogP contribution < -0.4 is 10.2 Å². The van der Waals surface area contributed by atoms with Gasteiger partial charge in [0.05, 0.1) is 6.21 Å². The molecule has 0 aliphatic rings. The third kappa shape index (κ3) is 5.00. The number of hydrogen-bond acceptors (Lipinski definition) is 4. The zero-order valence-corrected chi connectivity index (χ0v) is 13.6. The number of carbonyl (C=O) groups is 1. The van der Waals surface area contributed by atoms with E-state index in [1.54, 1.807) is 17.6 Å². The Bertz CT molecular complexity index is 606. The van der Waals surface area contributed by atoms with E-state index in [1.165, 1.54) is 5.56 Å². The van der Waals surface area contributed by atoms with Crippen LogP contribution in [0, 0.1) is 0 Å². The first kappa shape index (κ1) is 16.2. The summed E-state index contributed by atoms with van der Waals surface area (Å²) in [5, 5.41) is 7.78. The van der Waals surface area contributed by atoms with Crippen molar-refractivity contribution in [2.75, 3.05) is 6.61 Å². The van der Waals surface area contributed by atoms with Gasteiger partial charge in [0, 0.05) is 5.56 Å². The highest BCUT2D eigenvalue weighted by Gasteiger charge is 2.04. The highest BCUT2D eigenvalue weighted by Crippen LogP contribution is 2.21. The van der Waals surface area contributed by atoms with E-state index in [1.807, 2.05) is 41.1 Å². The fourth-order valence-corrected chi connectivity index (χ4v) is 2.45. The normalized spacial score (nSPS) is 12.3. The summed E-state index contributed by atoms with van der Waals surface area (Å²) >= 11 is 1.58. The maximum atomic E-state index is 11.6. The average molecular weight is 316 g/mol. The molecule has 0 aliphatic heterocycles. The second kappa shape index (κ2) is 8.34. The molecule has 4 nitrogen and oxygen atoms in total. The number of carbonyl (C=O) groups excluding carboxylic acids is 1. The number of thiophene rings is 1. The van der Waals surface area contributed by atoms with Gasteiger partial charge in [0.1, 0.15) is 5.75 Å². The maximum Gasteiger partial charge on any atom is 0.277 e. The van der Waals surface area contributed by atoms with Crippen molar-refractivity contribution in [2.45, 2.75) is 26.2 Å². The van der Waals surface area contributed by atoms with Gasteiger partial charge in [-0.15, -0.1) is 0 Å². The zero-order chi connectivity index (χ0) is 15.8. The molecular weight excluding hydrogens is 296 g/mol. The summed E-state index contributed by atoms with van der Waals surface area (Å²) in [6.07, 6.45) is 2.71. The molecule has 1 aromatic heterocycles. The Labute approximate surface area is 134 Å². The Hall–Kier alpha value is -2.14. The molecule has 1 heterocycles. The monoisotopic (exact) mass is 316 g/mol. The van der Waals surface area contributed by atoms with E-state index in [-0.39, 0.29) is 12.5 Å².